The summed E-state index contributed by atoms with van der Waals surface area (Å²) < 4.78 is 15.0. The molecule has 0 saturated heterocycles. The van der Waals surface area contributed by atoms with Crippen LogP contribution in [0.15, 0.2) is 51.4 Å². The van der Waals surface area contributed by atoms with Crippen LogP contribution in [0.3, 0.4) is 0 Å². The smallest absolute Gasteiger partial charge is 0.124 e. The maximum absolute atomic E-state index is 13.4. The highest BCUT2D eigenvalue weighted by molar-refractivity contribution is 9.10. The molecule has 2 aromatic rings. The summed E-state index contributed by atoms with van der Waals surface area (Å²) in [7, 11) is 0. The normalized spacial score (nSPS) is 14.1. The molecule has 0 aliphatic rings. The molecule has 2 unspecified atom stereocenters. The summed E-state index contributed by atoms with van der Waals surface area (Å²) in [6, 6.07) is 12.0. The molecule has 20 heavy (non-hydrogen) atoms. The maximum Gasteiger partial charge on any atom is 0.124 e. The van der Waals surface area contributed by atoms with Gasteiger partial charge in [0.25, 0.3) is 0 Å². The van der Waals surface area contributed by atoms with Crippen molar-refractivity contribution in [1.82, 2.24) is 0 Å². The summed E-state index contributed by atoms with van der Waals surface area (Å²) in [6.45, 7) is 0.275. The van der Waals surface area contributed by atoms with Crippen LogP contribution in [0.25, 0.3) is 0 Å². The molecule has 3 N–H and O–H groups in total. The van der Waals surface area contributed by atoms with E-state index >= 15 is 0 Å². The molecule has 0 bridgehead atoms. The standard InChI is InChI=1S/C15H14Br2FNO/c16-11-3-1-9(2-4-11)14(8-19)15(20)10-5-12(17)7-13(18)6-10/h1-7,14-15,20H,8,19H2. The molecule has 0 spiro atoms. The first-order valence-corrected chi connectivity index (χ1v) is 7.69. The van der Waals surface area contributed by atoms with Crippen LogP contribution in [-0.2, 0) is 0 Å². The van der Waals surface area contributed by atoms with Crippen LogP contribution in [0.1, 0.15) is 23.1 Å². The number of aliphatic hydroxyl groups is 1. The Morgan fingerprint density at radius 2 is 1.65 bits per heavy atom. The van der Waals surface area contributed by atoms with Gasteiger partial charge in [-0.25, -0.2) is 4.39 Å². The lowest BCUT2D eigenvalue weighted by atomic mass is 9.89. The highest BCUT2D eigenvalue weighted by Crippen LogP contribution is 2.32. The Morgan fingerprint density at radius 1 is 1.00 bits per heavy atom. The molecule has 5 heteroatoms. The zero-order valence-electron chi connectivity index (χ0n) is 10.6. The molecule has 0 fully saturated rings. The van der Waals surface area contributed by atoms with Crippen LogP contribution in [0, 0.1) is 5.82 Å². The first-order chi connectivity index (χ1) is 9.51. The summed E-state index contributed by atoms with van der Waals surface area (Å²) in [6.07, 6.45) is -0.854. The Labute approximate surface area is 134 Å². The van der Waals surface area contributed by atoms with Crippen molar-refractivity contribution in [3.05, 3.63) is 68.4 Å². The average molecular weight is 403 g/mol. The van der Waals surface area contributed by atoms with Crippen molar-refractivity contribution in [3.8, 4) is 0 Å². The number of hydrogen-bond acceptors (Lipinski definition) is 2. The van der Waals surface area contributed by atoms with Crippen molar-refractivity contribution in [3.63, 3.8) is 0 Å². The van der Waals surface area contributed by atoms with Crippen LogP contribution in [-0.4, -0.2) is 11.7 Å². The first-order valence-electron chi connectivity index (χ1n) is 6.11. The van der Waals surface area contributed by atoms with Crippen molar-refractivity contribution in [2.24, 2.45) is 5.73 Å². The van der Waals surface area contributed by atoms with Crippen molar-refractivity contribution in [2.75, 3.05) is 6.54 Å². The van der Waals surface area contributed by atoms with Gasteiger partial charge in [-0.3, -0.25) is 0 Å². The number of benzene rings is 2. The van der Waals surface area contributed by atoms with Gasteiger partial charge in [-0.15, -0.1) is 0 Å². The van der Waals surface area contributed by atoms with E-state index in [0.29, 0.717) is 10.0 Å². The molecule has 2 aromatic carbocycles. The average Bonchev–Trinajstić information content (AvgIpc) is 2.40. The summed E-state index contributed by atoms with van der Waals surface area (Å²) in [5.41, 5.74) is 7.21. The third-order valence-corrected chi connectivity index (χ3v) is 4.15. The summed E-state index contributed by atoms with van der Waals surface area (Å²) in [5, 5.41) is 10.5. The molecule has 0 amide bonds. The second-order valence-electron chi connectivity index (χ2n) is 4.54. The Morgan fingerprint density at radius 3 is 2.20 bits per heavy atom. The topological polar surface area (TPSA) is 46.2 Å². The minimum Gasteiger partial charge on any atom is -0.388 e. The van der Waals surface area contributed by atoms with Gasteiger partial charge in [0.05, 0.1) is 6.10 Å². The van der Waals surface area contributed by atoms with Crippen LogP contribution in [0.4, 0.5) is 4.39 Å². The number of rotatable bonds is 4. The second-order valence-corrected chi connectivity index (χ2v) is 6.37. The number of nitrogens with two attached hydrogens (primary N) is 1. The van der Waals surface area contributed by atoms with Gasteiger partial charge >= 0.3 is 0 Å². The SMILES string of the molecule is NCC(c1ccc(Br)cc1)C(O)c1cc(F)cc(Br)c1. The molecule has 0 aromatic heterocycles. The monoisotopic (exact) mass is 401 g/mol. The van der Waals surface area contributed by atoms with Crippen LogP contribution in [0.5, 0.6) is 0 Å². The minimum absolute atomic E-state index is 0.275. The van der Waals surface area contributed by atoms with Gasteiger partial charge in [-0.2, -0.15) is 0 Å². The van der Waals surface area contributed by atoms with E-state index in [2.05, 4.69) is 31.9 Å². The molecule has 0 aliphatic carbocycles. The van der Waals surface area contributed by atoms with Gasteiger partial charge in [0.2, 0.25) is 0 Å². The van der Waals surface area contributed by atoms with E-state index in [4.69, 9.17) is 5.73 Å². The summed E-state index contributed by atoms with van der Waals surface area (Å²) in [4.78, 5) is 0. The second kappa shape index (κ2) is 6.80. The zero-order chi connectivity index (χ0) is 14.7. The third-order valence-electron chi connectivity index (χ3n) is 3.16. The molecular weight excluding hydrogens is 389 g/mol. The fourth-order valence-electron chi connectivity index (χ4n) is 2.14. The van der Waals surface area contributed by atoms with Crippen LogP contribution < -0.4 is 5.73 Å². The Kier molecular flexibility index (Phi) is 5.32. The Hall–Kier alpha value is -0.750. The van der Waals surface area contributed by atoms with Gasteiger partial charge in [-0.1, -0.05) is 44.0 Å². The van der Waals surface area contributed by atoms with Crippen LogP contribution in [0.2, 0.25) is 0 Å². The van der Waals surface area contributed by atoms with Gasteiger partial charge in [0.15, 0.2) is 0 Å². The highest BCUT2D eigenvalue weighted by atomic mass is 79.9. The predicted molar refractivity (Wildman–Crippen MR) is 85.0 cm³/mol. The maximum atomic E-state index is 13.4. The third kappa shape index (κ3) is 3.67. The van der Waals surface area contributed by atoms with Gasteiger partial charge in [0.1, 0.15) is 5.82 Å². The molecule has 2 nitrogen and oxygen atoms in total. The Bertz CT molecular complexity index is 569. The lowest BCUT2D eigenvalue weighted by Crippen LogP contribution is -2.20. The summed E-state index contributed by atoms with van der Waals surface area (Å²) in [5.74, 6) is -0.670. The molecule has 0 aliphatic heterocycles. The molecule has 2 rings (SSSR count). The molecule has 106 valence electrons. The lowest BCUT2D eigenvalue weighted by molar-refractivity contribution is 0.147. The van der Waals surface area contributed by atoms with Crippen molar-refractivity contribution in [1.29, 1.82) is 0 Å². The molecular formula is C15H14Br2FNO. The fourth-order valence-corrected chi connectivity index (χ4v) is 2.88. The van der Waals surface area contributed by atoms with Gasteiger partial charge in [0, 0.05) is 21.4 Å². The zero-order valence-corrected chi connectivity index (χ0v) is 13.7. The van der Waals surface area contributed by atoms with E-state index in [1.807, 2.05) is 24.3 Å². The highest BCUT2D eigenvalue weighted by Gasteiger charge is 2.22. The number of aliphatic hydroxyl groups excluding tert-OH is 1. The first kappa shape index (κ1) is 15.6. The molecule has 0 radical (unpaired) electrons. The molecule has 2 atom stereocenters. The largest absolute Gasteiger partial charge is 0.388 e. The van der Waals surface area contributed by atoms with E-state index < -0.39 is 6.10 Å². The van der Waals surface area contributed by atoms with Crippen molar-refractivity contribution in [2.45, 2.75) is 12.0 Å². The van der Waals surface area contributed by atoms with E-state index in [9.17, 15) is 9.50 Å². The summed E-state index contributed by atoms with van der Waals surface area (Å²) >= 11 is 6.60. The molecule has 0 heterocycles. The van der Waals surface area contributed by atoms with E-state index in [-0.39, 0.29) is 18.3 Å². The fraction of sp³-hybridized carbons (Fsp3) is 0.200. The number of hydrogen-bond donors (Lipinski definition) is 2. The van der Waals surface area contributed by atoms with E-state index in [1.54, 1.807) is 6.07 Å². The Balaban J connectivity index is 2.33. The van der Waals surface area contributed by atoms with Crippen LogP contribution >= 0.6 is 31.9 Å². The van der Waals surface area contributed by atoms with Gasteiger partial charge < -0.3 is 10.8 Å². The van der Waals surface area contributed by atoms with E-state index in [1.165, 1.54) is 12.1 Å². The van der Waals surface area contributed by atoms with Gasteiger partial charge in [-0.05, 0) is 41.5 Å². The number of halogens is 3. The molecule has 0 saturated carbocycles. The lowest BCUT2D eigenvalue weighted by Gasteiger charge is -2.22. The predicted octanol–water partition coefficient (Wildman–Crippen LogP) is 4.13. The quantitative estimate of drug-likeness (QED) is 0.807. The van der Waals surface area contributed by atoms with Crippen molar-refractivity contribution < 1.29 is 9.50 Å². The van der Waals surface area contributed by atoms with E-state index in [0.717, 1.165) is 10.0 Å². The minimum atomic E-state index is -0.854. The van der Waals surface area contributed by atoms with Crippen molar-refractivity contribution >= 4 is 31.9 Å².